The summed E-state index contributed by atoms with van der Waals surface area (Å²) in [6.07, 6.45) is 2.33. The predicted molar refractivity (Wildman–Crippen MR) is 115 cm³/mol. The molecule has 1 aromatic carbocycles. The van der Waals surface area contributed by atoms with Crippen LogP contribution in [-0.2, 0) is 14.3 Å². The highest BCUT2D eigenvalue weighted by atomic mass is 16.6. The molecule has 168 valence electrons. The van der Waals surface area contributed by atoms with E-state index >= 15 is 0 Å². The molecule has 1 spiro atoms. The monoisotopic (exact) mass is 429 g/mol. The second-order valence-corrected chi connectivity index (χ2v) is 9.55. The van der Waals surface area contributed by atoms with Gasteiger partial charge in [-0.05, 0) is 70.7 Å². The summed E-state index contributed by atoms with van der Waals surface area (Å²) in [4.78, 5) is 44.4. The summed E-state index contributed by atoms with van der Waals surface area (Å²) in [5, 5.41) is 0. The van der Waals surface area contributed by atoms with Crippen molar-refractivity contribution in [3.8, 4) is 5.75 Å². The Kier molecular flexibility index (Phi) is 5.35. The molecular weight excluding hydrogens is 398 g/mol. The lowest BCUT2D eigenvalue weighted by atomic mass is 9.84. The summed E-state index contributed by atoms with van der Waals surface area (Å²) in [5.74, 6) is 0.543. The van der Waals surface area contributed by atoms with Gasteiger partial charge in [0.1, 0.15) is 22.9 Å². The Labute approximate surface area is 183 Å². The summed E-state index contributed by atoms with van der Waals surface area (Å²) in [6.45, 7) is 6.96. The van der Waals surface area contributed by atoms with Crippen LogP contribution in [0.2, 0.25) is 0 Å². The van der Waals surface area contributed by atoms with Crippen LogP contribution >= 0.6 is 0 Å². The fourth-order valence-corrected chi connectivity index (χ4v) is 4.86. The predicted octanol–water partition coefficient (Wildman–Crippen LogP) is 2.80. The molecule has 8 heteroatoms. The minimum Gasteiger partial charge on any atom is -0.497 e. The summed E-state index contributed by atoms with van der Waals surface area (Å²) in [6, 6.07) is 6.79. The van der Waals surface area contributed by atoms with E-state index < -0.39 is 23.3 Å². The zero-order chi connectivity index (χ0) is 22.4. The molecule has 0 radical (unpaired) electrons. The molecule has 2 atom stereocenters. The van der Waals surface area contributed by atoms with Crippen molar-refractivity contribution < 1.29 is 23.9 Å². The van der Waals surface area contributed by atoms with E-state index in [1.807, 2.05) is 45.0 Å². The fourth-order valence-electron chi connectivity index (χ4n) is 4.86. The molecule has 3 heterocycles. The summed E-state index contributed by atoms with van der Waals surface area (Å²) >= 11 is 0. The van der Waals surface area contributed by atoms with Crippen LogP contribution in [0.15, 0.2) is 24.3 Å². The van der Waals surface area contributed by atoms with Crippen LogP contribution in [-0.4, -0.2) is 71.6 Å². The smallest absolute Gasteiger partial charge is 0.410 e. The van der Waals surface area contributed by atoms with E-state index in [0.29, 0.717) is 32.5 Å². The number of rotatable bonds is 3. The molecule has 1 aromatic rings. The number of methoxy groups -OCH3 is 1. The lowest BCUT2D eigenvalue weighted by molar-refractivity contribution is -0.151. The first-order valence-corrected chi connectivity index (χ1v) is 10.9. The molecule has 3 aliphatic rings. The van der Waals surface area contributed by atoms with Crippen molar-refractivity contribution >= 4 is 23.6 Å². The molecule has 31 heavy (non-hydrogen) atoms. The highest BCUT2D eigenvalue weighted by molar-refractivity contribution is 6.10. The van der Waals surface area contributed by atoms with E-state index in [4.69, 9.17) is 9.47 Å². The van der Waals surface area contributed by atoms with E-state index in [1.54, 1.807) is 16.9 Å². The fraction of sp³-hybridized carbons (Fsp3) is 0.609. The van der Waals surface area contributed by atoms with Crippen LogP contribution in [0.1, 0.15) is 46.5 Å². The number of hydrogen-bond acceptors (Lipinski definition) is 5. The average molecular weight is 430 g/mol. The maximum Gasteiger partial charge on any atom is 0.410 e. The third-order valence-electron chi connectivity index (χ3n) is 6.37. The number of carbonyl (C=O) groups excluding carboxylic acids is 3. The first-order valence-electron chi connectivity index (χ1n) is 10.9. The molecule has 3 aliphatic heterocycles. The Morgan fingerprint density at radius 2 is 1.81 bits per heavy atom. The van der Waals surface area contributed by atoms with E-state index in [9.17, 15) is 14.4 Å². The van der Waals surface area contributed by atoms with Gasteiger partial charge in [-0.1, -0.05) is 0 Å². The number of carbonyl (C=O) groups is 3. The van der Waals surface area contributed by atoms with Gasteiger partial charge in [-0.25, -0.2) is 4.79 Å². The van der Waals surface area contributed by atoms with Crippen molar-refractivity contribution in [1.29, 1.82) is 0 Å². The van der Waals surface area contributed by atoms with Gasteiger partial charge in [0.05, 0.1) is 13.7 Å². The Morgan fingerprint density at radius 3 is 2.42 bits per heavy atom. The van der Waals surface area contributed by atoms with Gasteiger partial charge in [0.15, 0.2) is 0 Å². The second kappa shape index (κ2) is 7.73. The van der Waals surface area contributed by atoms with Crippen molar-refractivity contribution in [2.24, 2.45) is 0 Å². The Hall–Kier alpha value is -2.77. The van der Waals surface area contributed by atoms with Gasteiger partial charge < -0.3 is 19.3 Å². The molecule has 0 N–H and O–H groups in total. The highest BCUT2D eigenvalue weighted by Gasteiger charge is 2.61. The molecule has 0 aromatic heterocycles. The second-order valence-electron chi connectivity index (χ2n) is 9.55. The van der Waals surface area contributed by atoms with Crippen LogP contribution in [0.4, 0.5) is 10.5 Å². The molecule has 0 unspecified atom stereocenters. The maximum atomic E-state index is 13.5. The number of likely N-dealkylation sites (tertiary alicyclic amines) is 2. The number of anilines is 1. The van der Waals surface area contributed by atoms with Crippen LogP contribution in [0.25, 0.3) is 0 Å². The van der Waals surface area contributed by atoms with Crippen molar-refractivity contribution in [3.63, 3.8) is 0 Å². The Morgan fingerprint density at radius 1 is 1.10 bits per heavy atom. The van der Waals surface area contributed by atoms with Crippen LogP contribution < -0.4 is 9.64 Å². The van der Waals surface area contributed by atoms with E-state index in [-0.39, 0.29) is 11.8 Å². The quantitative estimate of drug-likeness (QED) is 0.691. The molecule has 0 aliphatic carbocycles. The van der Waals surface area contributed by atoms with Crippen molar-refractivity contribution in [1.82, 2.24) is 9.80 Å². The van der Waals surface area contributed by atoms with Crippen molar-refractivity contribution in [3.05, 3.63) is 24.3 Å². The SMILES string of the molecule is COc1ccc(N2C[C@]3(CCCN3C(=O)[C@@H]3CCCN3C(=O)OC(C)(C)C)C2=O)cc1. The Balaban J connectivity index is 1.48. The molecule has 3 fully saturated rings. The molecule has 8 nitrogen and oxygen atoms in total. The standard InChI is InChI=1S/C23H31N3O5/c1-22(2,3)31-21(29)24-13-5-7-18(24)19(27)26-14-6-12-23(26)15-25(20(23)28)16-8-10-17(30-4)11-9-16/h8-11,18H,5-7,12-15H2,1-4H3/t18-,23+/m0/s1. The van der Waals surface area contributed by atoms with Crippen LogP contribution in [0, 0.1) is 0 Å². The first kappa shape index (κ1) is 21.5. The molecule has 3 amide bonds. The van der Waals surface area contributed by atoms with Gasteiger partial charge in [0.25, 0.3) is 5.91 Å². The Bertz CT molecular complexity index is 878. The zero-order valence-electron chi connectivity index (χ0n) is 18.7. The summed E-state index contributed by atoms with van der Waals surface area (Å²) in [7, 11) is 1.60. The van der Waals surface area contributed by atoms with E-state index in [0.717, 1.165) is 24.3 Å². The average Bonchev–Trinajstić information content (AvgIpc) is 3.39. The zero-order valence-corrected chi connectivity index (χ0v) is 18.7. The normalized spacial score (nSPS) is 25.7. The number of nitrogens with zero attached hydrogens (tertiary/aromatic N) is 3. The third-order valence-corrected chi connectivity index (χ3v) is 6.37. The minimum atomic E-state index is -0.792. The number of β-lactam (4-membered cyclic amide) rings is 1. The first-order chi connectivity index (χ1) is 14.7. The molecular formula is C23H31N3O5. The number of amides is 3. The molecule has 0 saturated carbocycles. The maximum absolute atomic E-state index is 13.5. The lowest BCUT2D eigenvalue weighted by Crippen LogP contribution is -2.74. The van der Waals surface area contributed by atoms with Gasteiger partial charge in [-0.2, -0.15) is 0 Å². The van der Waals surface area contributed by atoms with Gasteiger partial charge >= 0.3 is 6.09 Å². The van der Waals surface area contributed by atoms with Gasteiger partial charge in [0, 0.05) is 18.8 Å². The number of hydrogen-bond donors (Lipinski definition) is 0. The topological polar surface area (TPSA) is 79.4 Å². The molecule has 3 saturated heterocycles. The van der Waals surface area contributed by atoms with Crippen LogP contribution in [0.3, 0.4) is 0 Å². The third kappa shape index (κ3) is 3.72. The van der Waals surface area contributed by atoms with E-state index in [1.165, 1.54) is 4.90 Å². The van der Waals surface area contributed by atoms with Crippen LogP contribution in [0.5, 0.6) is 5.75 Å². The molecule has 0 bridgehead atoms. The lowest BCUT2D eigenvalue weighted by Gasteiger charge is -2.51. The summed E-state index contributed by atoms with van der Waals surface area (Å²) < 4.78 is 10.7. The van der Waals surface area contributed by atoms with Gasteiger partial charge in [0.2, 0.25) is 5.91 Å². The number of ether oxygens (including phenoxy) is 2. The molecule has 4 rings (SSSR count). The summed E-state index contributed by atoms with van der Waals surface area (Å²) in [5.41, 5.74) is -0.614. The van der Waals surface area contributed by atoms with Crippen molar-refractivity contribution in [2.45, 2.75) is 63.6 Å². The number of benzene rings is 1. The minimum absolute atomic E-state index is 0.0506. The van der Waals surface area contributed by atoms with Gasteiger partial charge in [-0.15, -0.1) is 0 Å². The van der Waals surface area contributed by atoms with Gasteiger partial charge in [-0.3, -0.25) is 14.5 Å². The largest absolute Gasteiger partial charge is 0.497 e. The van der Waals surface area contributed by atoms with Crippen molar-refractivity contribution in [2.75, 3.05) is 31.6 Å². The van der Waals surface area contributed by atoms with E-state index in [2.05, 4.69) is 0 Å². The highest BCUT2D eigenvalue weighted by Crippen LogP contribution is 2.42.